The Morgan fingerprint density at radius 2 is 2.14 bits per heavy atom. The molecule has 158 valence electrons. The number of carbonyl (C=O) groups excluding carboxylic acids is 1. The molecule has 0 radical (unpaired) electrons. The van der Waals surface area contributed by atoms with E-state index >= 15 is 0 Å². The summed E-state index contributed by atoms with van der Waals surface area (Å²) >= 11 is 5.47. The van der Waals surface area contributed by atoms with Gasteiger partial charge in [0.1, 0.15) is 0 Å². The summed E-state index contributed by atoms with van der Waals surface area (Å²) in [7, 11) is 0. The molecule has 1 aliphatic carbocycles. The van der Waals surface area contributed by atoms with E-state index in [0.717, 1.165) is 36.9 Å². The molecule has 3 rings (SSSR count). The molecule has 3 N–H and O–H groups in total. The average Bonchev–Trinajstić information content (AvgIpc) is 3.03. The normalized spacial score (nSPS) is 17.1. The molecule has 0 bridgehead atoms. The molecule has 2 aromatic rings. The molecule has 6 nitrogen and oxygen atoms in total. The Morgan fingerprint density at radius 3 is 2.79 bits per heavy atom. The van der Waals surface area contributed by atoms with Crippen molar-refractivity contribution in [1.29, 1.82) is 0 Å². The second-order valence-electron chi connectivity index (χ2n) is 8.19. The van der Waals surface area contributed by atoms with Crippen LogP contribution >= 0.6 is 12.2 Å². The number of benzene rings is 1. The van der Waals surface area contributed by atoms with E-state index in [-0.39, 0.29) is 6.04 Å². The predicted molar refractivity (Wildman–Crippen MR) is 122 cm³/mol. The van der Waals surface area contributed by atoms with Gasteiger partial charge in [-0.25, -0.2) is 0 Å². The van der Waals surface area contributed by atoms with Gasteiger partial charge >= 0.3 is 5.97 Å². The number of aryl methyl sites for hydroxylation is 1. The number of carbonyl (C=O) groups is 1. The van der Waals surface area contributed by atoms with E-state index in [1.54, 1.807) is 0 Å². The minimum atomic E-state index is -0.391. The third-order valence-electron chi connectivity index (χ3n) is 5.47. The quantitative estimate of drug-likeness (QED) is 0.499. The van der Waals surface area contributed by atoms with Gasteiger partial charge in [0.2, 0.25) is 5.11 Å². The maximum atomic E-state index is 11.4. The molecule has 1 aliphatic rings. The number of hydrogen-bond acceptors (Lipinski definition) is 4. The lowest BCUT2D eigenvalue weighted by atomic mass is 9.91. The van der Waals surface area contributed by atoms with Gasteiger partial charge in [0.25, 0.3) is 0 Å². The van der Waals surface area contributed by atoms with E-state index < -0.39 is 5.97 Å². The summed E-state index contributed by atoms with van der Waals surface area (Å²) in [5.74, 6) is -0.391. The molecule has 0 saturated carbocycles. The minimum Gasteiger partial charge on any atom is -0.358 e. The number of nitrogens with zero attached hydrogens (tertiary/aromatic N) is 1. The van der Waals surface area contributed by atoms with Crippen LogP contribution in [0, 0.1) is 0 Å². The smallest absolute Gasteiger partial charge is 0.329 e. The number of anilines is 1. The number of hydroxylamine groups is 2. The number of H-pyrrole nitrogens is 1. The van der Waals surface area contributed by atoms with Gasteiger partial charge < -0.3 is 20.5 Å². The van der Waals surface area contributed by atoms with Crippen molar-refractivity contribution in [2.45, 2.75) is 78.4 Å². The molecule has 1 aromatic heterocycles. The summed E-state index contributed by atoms with van der Waals surface area (Å²) in [6.45, 7) is 9.69. The second-order valence-corrected chi connectivity index (χ2v) is 8.58. The molecule has 1 heterocycles. The topological polar surface area (TPSA) is 69.4 Å². The van der Waals surface area contributed by atoms with Crippen molar-refractivity contribution in [3.05, 3.63) is 29.5 Å². The zero-order valence-electron chi connectivity index (χ0n) is 18.0. The monoisotopic (exact) mass is 416 g/mol. The lowest BCUT2D eigenvalue weighted by Gasteiger charge is -2.27. The zero-order chi connectivity index (χ0) is 21.1. The Balaban J connectivity index is 1.80. The van der Waals surface area contributed by atoms with Crippen molar-refractivity contribution < 1.29 is 9.63 Å². The first kappa shape index (κ1) is 21.6. The Bertz CT molecular complexity index is 892. The molecule has 2 unspecified atom stereocenters. The molecular formula is C22H32N4O2S. The first-order valence-electron chi connectivity index (χ1n) is 10.5. The fraction of sp³-hybridized carbons (Fsp3) is 0.545. The summed E-state index contributed by atoms with van der Waals surface area (Å²) in [4.78, 5) is 20.2. The highest BCUT2D eigenvalue weighted by atomic mass is 32.1. The zero-order valence-corrected chi connectivity index (χ0v) is 18.8. The van der Waals surface area contributed by atoms with Crippen LogP contribution in [0.25, 0.3) is 10.9 Å². The van der Waals surface area contributed by atoms with Gasteiger partial charge in [-0.15, -0.1) is 0 Å². The van der Waals surface area contributed by atoms with E-state index in [9.17, 15) is 4.79 Å². The Kier molecular flexibility index (Phi) is 6.80. The lowest BCUT2D eigenvalue weighted by Crippen LogP contribution is -2.41. The van der Waals surface area contributed by atoms with Crippen LogP contribution in [-0.4, -0.2) is 39.3 Å². The molecule has 29 heavy (non-hydrogen) atoms. The molecular weight excluding hydrogens is 384 g/mol. The van der Waals surface area contributed by atoms with E-state index in [0.29, 0.717) is 17.2 Å². The number of fused-ring (bicyclic) bond motifs is 3. The van der Waals surface area contributed by atoms with Crippen LogP contribution in [0.5, 0.6) is 0 Å². The van der Waals surface area contributed by atoms with Crippen LogP contribution in [0.2, 0.25) is 0 Å². The summed E-state index contributed by atoms with van der Waals surface area (Å²) in [6.07, 6.45) is 4.38. The van der Waals surface area contributed by atoms with Crippen LogP contribution in [0.15, 0.2) is 18.2 Å². The molecule has 0 fully saturated rings. The third-order valence-corrected chi connectivity index (χ3v) is 5.75. The van der Waals surface area contributed by atoms with Crippen LogP contribution in [-0.2, 0) is 22.5 Å². The molecule has 0 spiro atoms. The first-order chi connectivity index (χ1) is 13.8. The van der Waals surface area contributed by atoms with Crippen molar-refractivity contribution in [2.75, 3.05) is 5.32 Å². The van der Waals surface area contributed by atoms with E-state index in [4.69, 9.17) is 17.1 Å². The maximum absolute atomic E-state index is 11.4. The van der Waals surface area contributed by atoms with Gasteiger partial charge in [-0.1, -0.05) is 6.92 Å². The number of hydrogen-bond donors (Lipinski definition) is 3. The molecule has 7 heteroatoms. The number of rotatable bonds is 5. The van der Waals surface area contributed by atoms with Gasteiger partial charge in [-0.2, -0.15) is 5.06 Å². The number of nitrogens with one attached hydrogen (secondary N) is 3. The van der Waals surface area contributed by atoms with Gasteiger partial charge in [-0.3, -0.25) is 4.79 Å². The molecule has 2 atom stereocenters. The second kappa shape index (κ2) is 9.13. The SMILES string of the molecule is CCC(C)NC1CCc2[nH]c3ccc(NC(=S)N(OC(C)=O)C(C)C)cc3c2C1. The Morgan fingerprint density at radius 1 is 1.38 bits per heavy atom. The van der Waals surface area contributed by atoms with Gasteiger partial charge in [0.05, 0.1) is 6.04 Å². The van der Waals surface area contributed by atoms with E-state index in [1.165, 1.54) is 28.6 Å². The fourth-order valence-corrected chi connectivity index (χ4v) is 4.22. The highest BCUT2D eigenvalue weighted by molar-refractivity contribution is 7.80. The summed E-state index contributed by atoms with van der Waals surface area (Å²) in [5, 5.41) is 10.0. The average molecular weight is 417 g/mol. The van der Waals surface area contributed by atoms with Crippen LogP contribution < -0.4 is 10.6 Å². The van der Waals surface area contributed by atoms with Crippen LogP contribution in [0.4, 0.5) is 5.69 Å². The largest absolute Gasteiger partial charge is 0.358 e. The lowest BCUT2D eigenvalue weighted by molar-refractivity contribution is -0.174. The number of thiocarbonyl (C=S) groups is 1. The first-order valence-corrected chi connectivity index (χ1v) is 10.9. The van der Waals surface area contributed by atoms with Crippen molar-refractivity contribution >= 4 is 39.9 Å². The van der Waals surface area contributed by atoms with Crippen molar-refractivity contribution in [2.24, 2.45) is 0 Å². The van der Waals surface area contributed by atoms with Crippen LogP contribution in [0.3, 0.4) is 0 Å². The standard InChI is InChI=1S/C22H32N4O2S/c1-6-14(4)23-16-7-9-20-18(11-16)19-12-17(8-10-21(19)25-20)24-22(29)26(13(2)3)28-15(5)27/h8,10,12-14,16,23,25H,6-7,9,11H2,1-5H3,(H,24,29). The van der Waals surface area contributed by atoms with Crippen LogP contribution in [0.1, 0.15) is 58.7 Å². The van der Waals surface area contributed by atoms with E-state index in [2.05, 4.69) is 41.6 Å². The Labute approximate surface area is 178 Å². The highest BCUT2D eigenvalue weighted by Gasteiger charge is 2.24. The molecule has 1 aromatic carbocycles. The minimum absolute atomic E-state index is 0.0602. The predicted octanol–water partition coefficient (Wildman–Crippen LogP) is 4.30. The highest BCUT2D eigenvalue weighted by Crippen LogP contribution is 2.31. The fourth-order valence-electron chi connectivity index (χ4n) is 3.86. The maximum Gasteiger partial charge on any atom is 0.329 e. The summed E-state index contributed by atoms with van der Waals surface area (Å²) in [5.41, 5.74) is 4.77. The van der Waals surface area contributed by atoms with Crippen molar-refractivity contribution in [3.63, 3.8) is 0 Å². The van der Waals surface area contributed by atoms with Gasteiger partial charge in [0, 0.05) is 41.3 Å². The van der Waals surface area contributed by atoms with Crippen molar-refractivity contribution in [3.8, 4) is 0 Å². The van der Waals surface area contributed by atoms with E-state index in [1.807, 2.05) is 19.9 Å². The van der Waals surface area contributed by atoms with Crippen molar-refractivity contribution in [1.82, 2.24) is 15.4 Å². The molecule has 0 aliphatic heterocycles. The molecule has 0 amide bonds. The van der Waals surface area contributed by atoms with Gasteiger partial charge in [0.15, 0.2) is 0 Å². The summed E-state index contributed by atoms with van der Waals surface area (Å²) in [6, 6.07) is 7.20. The number of aromatic nitrogens is 1. The molecule has 0 saturated heterocycles. The van der Waals surface area contributed by atoms with Gasteiger partial charge in [-0.05, 0) is 82.4 Å². The summed E-state index contributed by atoms with van der Waals surface area (Å²) < 4.78 is 0. The number of aromatic amines is 1. The third kappa shape index (κ3) is 5.08. The Hall–Kier alpha value is -2.12.